The molecule has 1 saturated heterocycles. The van der Waals surface area contributed by atoms with Crippen molar-refractivity contribution >= 4 is 16.8 Å². The van der Waals surface area contributed by atoms with E-state index in [0.29, 0.717) is 13.1 Å². The van der Waals surface area contributed by atoms with Crippen LogP contribution in [0.4, 0.5) is 0 Å². The number of carbonyl (C=O) groups is 1. The Kier molecular flexibility index (Phi) is 3.98. The van der Waals surface area contributed by atoms with Crippen LogP contribution in [-0.2, 0) is 0 Å². The summed E-state index contributed by atoms with van der Waals surface area (Å²) in [5.74, 6) is 0.0564. The first-order valence-corrected chi connectivity index (χ1v) is 7.63. The first-order chi connectivity index (χ1) is 10.6. The lowest BCUT2D eigenvalue weighted by Crippen LogP contribution is -2.41. The molecule has 5 nitrogen and oxygen atoms in total. The smallest absolute Gasteiger partial charge is 0.261 e. The molecule has 1 aliphatic heterocycles. The number of hydrogen-bond acceptors (Lipinski definition) is 3. The molecule has 0 radical (unpaired) electrons. The zero-order valence-electron chi connectivity index (χ0n) is 12.6. The maximum Gasteiger partial charge on any atom is 0.261 e. The van der Waals surface area contributed by atoms with Gasteiger partial charge in [0.15, 0.2) is 0 Å². The number of amides is 1. The van der Waals surface area contributed by atoms with Crippen molar-refractivity contribution < 1.29 is 9.90 Å². The number of fused-ring (bicyclic) bond motifs is 1. The maximum atomic E-state index is 12.7. The van der Waals surface area contributed by atoms with Gasteiger partial charge in [0.1, 0.15) is 5.56 Å². The quantitative estimate of drug-likeness (QED) is 0.886. The summed E-state index contributed by atoms with van der Waals surface area (Å²) in [6.07, 6.45) is 1.57. The van der Waals surface area contributed by atoms with Crippen LogP contribution >= 0.6 is 0 Å². The highest BCUT2D eigenvalue weighted by molar-refractivity contribution is 5.99. The number of aromatic amines is 1. The second-order valence-electron chi connectivity index (χ2n) is 5.92. The number of piperidine rings is 1. The average molecular weight is 300 g/mol. The van der Waals surface area contributed by atoms with Gasteiger partial charge in [-0.3, -0.25) is 9.59 Å². The Morgan fingerprint density at radius 2 is 2.00 bits per heavy atom. The molecule has 0 bridgehead atoms. The van der Waals surface area contributed by atoms with E-state index in [0.717, 1.165) is 29.3 Å². The molecule has 1 aromatic heterocycles. The number of nitrogens with one attached hydrogen (secondary N) is 1. The van der Waals surface area contributed by atoms with Gasteiger partial charge in [0.25, 0.3) is 11.5 Å². The highest BCUT2D eigenvalue weighted by atomic mass is 16.3. The number of aryl methyl sites for hydroxylation is 1. The molecular formula is C17H20N2O3. The third kappa shape index (κ3) is 2.52. The number of pyridine rings is 1. The van der Waals surface area contributed by atoms with Crippen LogP contribution in [0.1, 0.15) is 28.8 Å². The second kappa shape index (κ2) is 5.93. The Morgan fingerprint density at radius 3 is 2.68 bits per heavy atom. The number of rotatable bonds is 2. The summed E-state index contributed by atoms with van der Waals surface area (Å²) in [6, 6.07) is 7.51. The van der Waals surface area contributed by atoms with E-state index in [1.807, 2.05) is 31.2 Å². The van der Waals surface area contributed by atoms with Crippen LogP contribution in [0.5, 0.6) is 0 Å². The average Bonchev–Trinajstić information content (AvgIpc) is 2.55. The van der Waals surface area contributed by atoms with Crippen molar-refractivity contribution in [3.05, 3.63) is 45.7 Å². The molecule has 1 aliphatic rings. The van der Waals surface area contributed by atoms with E-state index in [4.69, 9.17) is 0 Å². The molecule has 116 valence electrons. The summed E-state index contributed by atoms with van der Waals surface area (Å²) in [4.78, 5) is 29.6. The summed E-state index contributed by atoms with van der Waals surface area (Å²) in [5, 5.41) is 10.1. The molecule has 3 rings (SSSR count). The number of para-hydroxylation sites is 1. The van der Waals surface area contributed by atoms with Crippen molar-refractivity contribution in [1.29, 1.82) is 0 Å². The fourth-order valence-corrected chi connectivity index (χ4v) is 3.14. The largest absolute Gasteiger partial charge is 0.396 e. The van der Waals surface area contributed by atoms with Crippen LogP contribution in [0, 0.1) is 12.8 Å². The number of aliphatic hydroxyl groups is 1. The van der Waals surface area contributed by atoms with Crippen LogP contribution in [0.25, 0.3) is 10.9 Å². The Balaban J connectivity index is 1.96. The van der Waals surface area contributed by atoms with Crippen LogP contribution < -0.4 is 5.56 Å². The van der Waals surface area contributed by atoms with Crippen molar-refractivity contribution in [1.82, 2.24) is 9.88 Å². The van der Waals surface area contributed by atoms with Gasteiger partial charge < -0.3 is 15.0 Å². The molecule has 1 amide bonds. The second-order valence-corrected chi connectivity index (χ2v) is 5.92. The zero-order chi connectivity index (χ0) is 15.7. The zero-order valence-corrected chi connectivity index (χ0v) is 12.6. The Hall–Kier alpha value is -2.14. The molecule has 2 N–H and O–H groups in total. The first-order valence-electron chi connectivity index (χ1n) is 7.63. The predicted molar refractivity (Wildman–Crippen MR) is 85.0 cm³/mol. The molecule has 5 heteroatoms. The fraction of sp³-hybridized carbons (Fsp3) is 0.412. The minimum absolute atomic E-state index is 0.164. The summed E-state index contributed by atoms with van der Waals surface area (Å²) < 4.78 is 0. The third-order valence-corrected chi connectivity index (χ3v) is 4.56. The lowest BCUT2D eigenvalue weighted by molar-refractivity contribution is 0.0648. The highest BCUT2D eigenvalue weighted by Gasteiger charge is 2.26. The molecule has 2 aromatic rings. The molecule has 1 aromatic carbocycles. The van der Waals surface area contributed by atoms with Gasteiger partial charge in [-0.15, -0.1) is 0 Å². The topological polar surface area (TPSA) is 73.4 Å². The third-order valence-electron chi connectivity index (χ3n) is 4.56. The molecule has 0 spiro atoms. The normalized spacial score (nSPS) is 16.2. The van der Waals surface area contributed by atoms with E-state index in [9.17, 15) is 14.7 Å². The van der Waals surface area contributed by atoms with Crippen molar-refractivity contribution in [2.75, 3.05) is 19.7 Å². The number of likely N-dealkylation sites (tertiary alicyclic amines) is 1. The van der Waals surface area contributed by atoms with Gasteiger partial charge in [0.05, 0.1) is 0 Å². The Labute approximate surface area is 128 Å². The molecule has 0 saturated carbocycles. The van der Waals surface area contributed by atoms with E-state index in [-0.39, 0.29) is 29.6 Å². The van der Waals surface area contributed by atoms with Gasteiger partial charge in [-0.25, -0.2) is 0 Å². The van der Waals surface area contributed by atoms with Gasteiger partial charge in [-0.05, 0) is 37.3 Å². The van der Waals surface area contributed by atoms with Gasteiger partial charge in [0.2, 0.25) is 0 Å². The number of nitrogens with zero attached hydrogens (tertiary/aromatic N) is 1. The monoisotopic (exact) mass is 300 g/mol. The van der Waals surface area contributed by atoms with Crippen LogP contribution in [0.3, 0.4) is 0 Å². The van der Waals surface area contributed by atoms with E-state index in [2.05, 4.69) is 4.98 Å². The maximum absolute atomic E-state index is 12.7. The lowest BCUT2D eigenvalue weighted by atomic mass is 9.96. The fourth-order valence-electron chi connectivity index (χ4n) is 3.14. The number of H-pyrrole nitrogens is 1. The number of aliphatic hydroxyl groups excluding tert-OH is 1. The van der Waals surface area contributed by atoms with Gasteiger partial charge in [-0.1, -0.05) is 18.2 Å². The summed E-state index contributed by atoms with van der Waals surface area (Å²) >= 11 is 0. The lowest BCUT2D eigenvalue weighted by Gasteiger charge is -2.31. The predicted octanol–water partition coefficient (Wildman–Crippen LogP) is 1.68. The summed E-state index contributed by atoms with van der Waals surface area (Å²) in [5.41, 5.74) is 1.39. The molecular weight excluding hydrogens is 280 g/mol. The number of carbonyl (C=O) groups excluding carboxylic acids is 1. The standard InChI is InChI=1S/C17H20N2O3/c1-11-13-4-2-3-5-14(13)18-16(21)15(11)17(22)19-8-6-12(10-20)7-9-19/h2-5,12,20H,6-10H2,1H3,(H,18,21). The Morgan fingerprint density at radius 1 is 1.32 bits per heavy atom. The van der Waals surface area contributed by atoms with Crippen molar-refractivity contribution in [3.63, 3.8) is 0 Å². The van der Waals surface area contributed by atoms with Crippen molar-refractivity contribution in [3.8, 4) is 0 Å². The van der Waals surface area contributed by atoms with E-state index in [1.54, 1.807) is 4.90 Å². The van der Waals surface area contributed by atoms with E-state index < -0.39 is 0 Å². The number of aromatic nitrogens is 1. The van der Waals surface area contributed by atoms with Gasteiger partial charge >= 0.3 is 0 Å². The molecule has 2 heterocycles. The summed E-state index contributed by atoms with van der Waals surface area (Å²) in [6.45, 7) is 3.18. The van der Waals surface area contributed by atoms with E-state index in [1.165, 1.54) is 0 Å². The Bertz CT molecular complexity index is 758. The molecule has 0 atom stereocenters. The molecule has 22 heavy (non-hydrogen) atoms. The van der Waals surface area contributed by atoms with Crippen molar-refractivity contribution in [2.24, 2.45) is 5.92 Å². The minimum atomic E-state index is -0.328. The SMILES string of the molecule is Cc1c(C(=O)N2CCC(CO)CC2)c(=O)[nH]c2ccccc12. The molecule has 0 aliphatic carbocycles. The molecule has 0 unspecified atom stereocenters. The van der Waals surface area contributed by atoms with Crippen LogP contribution in [0.15, 0.2) is 29.1 Å². The summed E-state index contributed by atoms with van der Waals surface area (Å²) in [7, 11) is 0. The highest BCUT2D eigenvalue weighted by Crippen LogP contribution is 2.21. The number of benzene rings is 1. The van der Waals surface area contributed by atoms with Crippen LogP contribution in [0.2, 0.25) is 0 Å². The van der Waals surface area contributed by atoms with Crippen molar-refractivity contribution in [2.45, 2.75) is 19.8 Å². The van der Waals surface area contributed by atoms with Gasteiger partial charge in [-0.2, -0.15) is 0 Å². The van der Waals surface area contributed by atoms with Gasteiger partial charge in [0, 0.05) is 30.6 Å². The first kappa shape index (κ1) is 14.8. The number of hydrogen-bond donors (Lipinski definition) is 2. The van der Waals surface area contributed by atoms with Crippen LogP contribution in [-0.4, -0.2) is 40.6 Å². The van der Waals surface area contributed by atoms with E-state index >= 15 is 0 Å². The molecule has 1 fully saturated rings. The minimum Gasteiger partial charge on any atom is -0.396 e.